The molecule has 0 aliphatic carbocycles. The van der Waals surface area contributed by atoms with Crippen LogP contribution in [-0.4, -0.2) is 41.3 Å². The zero-order valence-corrected chi connectivity index (χ0v) is 22.1. The molecule has 0 heterocycles. The third-order valence-corrected chi connectivity index (χ3v) is 6.25. The van der Waals surface area contributed by atoms with Crippen molar-refractivity contribution in [1.29, 1.82) is 0 Å². The number of rotatable bonds is 10. The summed E-state index contributed by atoms with van der Waals surface area (Å²) >= 11 is 0. The fraction of sp³-hybridized carbons (Fsp3) is 0.156. The molecular formula is C32H30O6. The van der Waals surface area contributed by atoms with Crippen molar-refractivity contribution in [3.63, 3.8) is 0 Å². The number of methoxy groups -OCH3 is 5. The summed E-state index contributed by atoms with van der Waals surface area (Å²) in [4.78, 5) is 12.9. The van der Waals surface area contributed by atoms with Gasteiger partial charge in [-0.15, -0.1) is 0 Å². The topological polar surface area (TPSA) is 63.2 Å². The molecule has 194 valence electrons. The maximum atomic E-state index is 12.9. The van der Waals surface area contributed by atoms with Crippen LogP contribution in [0.4, 0.5) is 0 Å². The van der Waals surface area contributed by atoms with Crippen LogP contribution in [0.15, 0.2) is 84.9 Å². The van der Waals surface area contributed by atoms with Gasteiger partial charge in [0.2, 0.25) is 0 Å². The molecular weight excluding hydrogens is 480 g/mol. The second kappa shape index (κ2) is 12.0. The number of ether oxygens (including phenoxy) is 5. The highest BCUT2D eigenvalue weighted by Crippen LogP contribution is 2.35. The third kappa shape index (κ3) is 5.65. The lowest BCUT2D eigenvalue weighted by Crippen LogP contribution is -1.95. The Bertz CT molecular complexity index is 1450. The van der Waals surface area contributed by atoms with Gasteiger partial charge in [-0.05, 0) is 64.7 Å². The molecule has 0 saturated carbocycles. The molecule has 0 unspecified atom stereocenters. The number of allylic oxidation sites excluding steroid dienone is 1. The Morgan fingerprint density at radius 3 is 1.42 bits per heavy atom. The van der Waals surface area contributed by atoms with Crippen molar-refractivity contribution in [1.82, 2.24) is 0 Å². The van der Waals surface area contributed by atoms with Crippen LogP contribution in [-0.2, 0) is 0 Å². The van der Waals surface area contributed by atoms with E-state index < -0.39 is 0 Å². The predicted octanol–water partition coefficient (Wildman–Crippen LogP) is 6.96. The van der Waals surface area contributed by atoms with E-state index >= 15 is 0 Å². The van der Waals surface area contributed by atoms with E-state index in [9.17, 15) is 4.79 Å². The lowest BCUT2D eigenvalue weighted by molar-refractivity contribution is 0.104. The second-order valence-corrected chi connectivity index (χ2v) is 8.37. The van der Waals surface area contributed by atoms with E-state index in [2.05, 4.69) is 0 Å². The Hall–Kier alpha value is -4.71. The van der Waals surface area contributed by atoms with Crippen molar-refractivity contribution in [2.45, 2.75) is 0 Å². The number of hydrogen-bond acceptors (Lipinski definition) is 6. The molecule has 0 spiro atoms. The summed E-state index contributed by atoms with van der Waals surface area (Å²) in [7, 11) is 8.04. The molecule has 4 aromatic carbocycles. The van der Waals surface area contributed by atoms with Crippen LogP contribution in [0.3, 0.4) is 0 Å². The summed E-state index contributed by atoms with van der Waals surface area (Å²) in [5, 5.41) is 0. The summed E-state index contributed by atoms with van der Waals surface area (Å²) in [5.41, 5.74) is 5.24. The molecule has 0 fully saturated rings. The van der Waals surface area contributed by atoms with Gasteiger partial charge in [-0.1, -0.05) is 48.5 Å². The minimum absolute atomic E-state index is 0.102. The molecule has 4 aromatic rings. The standard InChI is InChI=1S/C32H30O6/c1-34-28-16-13-24(19-31(28)37-4)21-6-8-22(9-7-21)27(33)15-12-23-10-11-25(18-30(23)36-3)26-14-17-29(35-2)32(20-26)38-5/h6-20H,1-5H3/b15-12+. The van der Waals surface area contributed by atoms with Crippen LogP contribution in [0.25, 0.3) is 28.3 Å². The number of benzene rings is 4. The van der Waals surface area contributed by atoms with Crippen LogP contribution < -0.4 is 23.7 Å². The van der Waals surface area contributed by atoms with Gasteiger partial charge in [0.05, 0.1) is 35.5 Å². The molecule has 0 bridgehead atoms. The highest BCUT2D eigenvalue weighted by atomic mass is 16.5. The van der Waals surface area contributed by atoms with E-state index in [1.54, 1.807) is 47.7 Å². The maximum absolute atomic E-state index is 12.9. The first-order chi connectivity index (χ1) is 18.5. The number of hydrogen-bond donors (Lipinski definition) is 0. The minimum Gasteiger partial charge on any atom is -0.496 e. The van der Waals surface area contributed by atoms with E-state index in [4.69, 9.17) is 23.7 Å². The lowest BCUT2D eigenvalue weighted by atomic mass is 10.0. The smallest absolute Gasteiger partial charge is 0.185 e. The van der Waals surface area contributed by atoms with Gasteiger partial charge in [0, 0.05) is 11.1 Å². The Kier molecular flexibility index (Phi) is 8.34. The van der Waals surface area contributed by atoms with Crippen LogP contribution in [0.5, 0.6) is 28.7 Å². The van der Waals surface area contributed by atoms with Gasteiger partial charge >= 0.3 is 0 Å². The summed E-state index contributed by atoms with van der Waals surface area (Å²) in [5.74, 6) is 3.19. The van der Waals surface area contributed by atoms with Gasteiger partial charge < -0.3 is 23.7 Å². The van der Waals surface area contributed by atoms with Gasteiger partial charge in [0.15, 0.2) is 28.8 Å². The lowest BCUT2D eigenvalue weighted by Gasteiger charge is -2.12. The van der Waals surface area contributed by atoms with E-state index in [0.29, 0.717) is 34.3 Å². The SMILES string of the molecule is COc1cc(-c2ccc(OC)c(OC)c2)ccc1/C=C/C(=O)c1ccc(-c2ccc(OC)c(OC)c2)cc1. The van der Waals surface area contributed by atoms with E-state index in [1.807, 2.05) is 78.9 Å². The molecule has 38 heavy (non-hydrogen) atoms. The molecule has 6 nitrogen and oxygen atoms in total. The Balaban J connectivity index is 1.52. The molecule has 6 heteroatoms. The van der Waals surface area contributed by atoms with Gasteiger partial charge in [0.25, 0.3) is 0 Å². The van der Waals surface area contributed by atoms with Gasteiger partial charge in [-0.2, -0.15) is 0 Å². The van der Waals surface area contributed by atoms with Crippen molar-refractivity contribution in [3.05, 3.63) is 96.1 Å². The monoisotopic (exact) mass is 510 g/mol. The van der Waals surface area contributed by atoms with Crippen molar-refractivity contribution >= 4 is 11.9 Å². The summed E-state index contributed by atoms with van der Waals surface area (Å²) in [6.45, 7) is 0. The fourth-order valence-corrected chi connectivity index (χ4v) is 4.15. The van der Waals surface area contributed by atoms with E-state index in [-0.39, 0.29) is 5.78 Å². The fourth-order valence-electron chi connectivity index (χ4n) is 4.15. The van der Waals surface area contributed by atoms with Crippen LogP contribution in [0.2, 0.25) is 0 Å². The van der Waals surface area contributed by atoms with E-state index in [1.165, 1.54) is 0 Å². The molecule has 0 N–H and O–H groups in total. The van der Waals surface area contributed by atoms with Crippen LogP contribution >= 0.6 is 0 Å². The number of ketones is 1. The minimum atomic E-state index is -0.102. The highest BCUT2D eigenvalue weighted by molar-refractivity contribution is 6.07. The van der Waals surface area contributed by atoms with Crippen molar-refractivity contribution in [2.24, 2.45) is 0 Å². The number of carbonyl (C=O) groups is 1. The maximum Gasteiger partial charge on any atom is 0.185 e. The summed E-state index contributed by atoms with van der Waals surface area (Å²) in [6.07, 6.45) is 3.32. The molecule has 0 radical (unpaired) electrons. The number of carbonyl (C=O) groups excluding carboxylic acids is 1. The zero-order valence-electron chi connectivity index (χ0n) is 22.1. The third-order valence-electron chi connectivity index (χ3n) is 6.25. The van der Waals surface area contributed by atoms with Gasteiger partial charge in [0.1, 0.15) is 5.75 Å². The van der Waals surface area contributed by atoms with Crippen molar-refractivity contribution in [3.8, 4) is 51.0 Å². The first-order valence-corrected chi connectivity index (χ1v) is 12.0. The largest absolute Gasteiger partial charge is 0.496 e. The quantitative estimate of drug-likeness (QED) is 0.170. The Morgan fingerprint density at radius 2 is 0.921 bits per heavy atom. The summed E-state index contributed by atoms with van der Waals surface area (Å²) in [6, 6.07) is 24.8. The van der Waals surface area contributed by atoms with Gasteiger partial charge in [-0.3, -0.25) is 4.79 Å². The van der Waals surface area contributed by atoms with Crippen molar-refractivity contribution < 1.29 is 28.5 Å². The van der Waals surface area contributed by atoms with Crippen molar-refractivity contribution in [2.75, 3.05) is 35.5 Å². The first kappa shape index (κ1) is 26.4. The summed E-state index contributed by atoms with van der Waals surface area (Å²) < 4.78 is 27.1. The highest BCUT2D eigenvalue weighted by Gasteiger charge is 2.10. The molecule has 0 aliphatic rings. The zero-order chi connectivity index (χ0) is 27.1. The predicted molar refractivity (Wildman–Crippen MR) is 150 cm³/mol. The van der Waals surface area contributed by atoms with Crippen LogP contribution in [0.1, 0.15) is 15.9 Å². The van der Waals surface area contributed by atoms with Gasteiger partial charge in [-0.25, -0.2) is 0 Å². The molecule has 0 amide bonds. The molecule has 0 aliphatic heterocycles. The second-order valence-electron chi connectivity index (χ2n) is 8.37. The molecule has 0 atom stereocenters. The van der Waals surface area contributed by atoms with Crippen LogP contribution in [0, 0.1) is 0 Å². The Labute approximate surface area is 223 Å². The average molecular weight is 511 g/mol. The molecule has 0 saturated heterocycles. The normalized spacial score (nSPS) is 10.8. The van der Waals surface area contributed by atoms with E-state index in [0.717, 1.165) is 27.8 Å². The molecule has 0 aromatic heterocycles. The first-order valence-electron chi connectivity index (χ1n) is 12.0. The average Bonchev–Trinajstić information content (AvgIpc) is 2.99. The Morgan fingerprint density at radius 1 is 0.500 bits per heavy atom. The molecule has 4 rings (SSSR count).